The van der Waals surface area contributed by atoms with Gasteiger partial charge in [-0.1, -0.05) is 0 Å². The lowest BCUT2D eigenvalue weighted by Gasteiger charge is -2.43. The van der Waals surface area contributed by atoms with Gasteiger partial charge >= 0.3 is 0 Å². The van der Waals surface area contributed by atoms with Crippen LogP contribution in [0.3, 0.4) is 0 Å². The first kappa shape index (κ1) is 18.3. The van der Waals surface area contributed by atoms with Crippen LogP contribution in [0.2, 0.25) is 0 Å². The van der Waals surface area contributed by atoms with E-state index in [2.05, 4.69) is 40.9 Å². The molecule has 4 atom stereocenters. The Hall–Kier alpha value is 0.540. The van der Waals surface area contributed by atoms with E-state index >= 15 is 0 Å². The molecule has 6 heteroatoms. The molecule has 0 radical (unpaired) electrons. The molecule has 4 unspecified atom stereocenters. The van der Waals surface area contributed by atoms with E-state index in [0.29, 0.717) is 23.5 Å². The van der Waals surface area contributed by atoms with Crippen LogP contribution in [-0.4, -0.2) is 54.7 Å². The van der Waals surface area contributed by atoms with Crippen LogP contribution in [0.4, 0.5) is 0 Å². The van der Waals surface area contributed by atoms with Gasteiger partial charge < -0.3 is 9.50 Å². The Kier molecular flexibility index (Phi) is 7.41. The van der Waals surface area contributed by atoms with Crippen molar-refractivity contribution >= 4 is 23.8 Å². The molecule has 134 valence electrons. The van der Waals surface area contributed by atoms with Gasteiger partial charge in [0.2, 0.25) is 0 Å². The molecule has 1 aliphatic carbocycles. The van der Waals surface area contributed by atoms with Crippen molar-refractivity contribution < 1.29 is 4.18 Å². The van der Waals surface area contributed by atoms with Crippen LogP contribution in [0.5, 0.6) is 0 Å². The van der Waals surface area contributed by atoms with E-state index in [0.717, 1.165) is 30.9 Å². The van der Waals surface area contributed by atoms with Gasteiger partial charge in [0.15, 0.2) is 0 Å². The fourth-order valence-electron chi connectivity index (χ4n) is 4.20. The summed E-state index contributed by atoms with van der Waals surface area (Å²) in [6.07, 6.45) is 10.7. The summed E-state index contributed by atoms with van der Waals surface area (Å²) in [5.41, 5.74) is 0. The smallest absolute Gasteiger partial charge is 0.0703 e. The summed E-state index contributed by atoms with van der Waals surface area (Å²) < 4.78 is 5.51. The molecule has 0 amide bonds. The fraction of sp³-hybridized carbons (Fsp3) is 1.00. The van der Waals surface area contributed by atoms with Crippen molar-refractivity contribution in [2.45, 2.75) is 74.2 Å². The average molecular weight is 360 g/mol. The van der Waals surface area contributed by atoms with E-state index in [4.69, 9.17) is 4.18 Å². The van der Waals surface area contributed by atoms with Crippen molar-refractivity contribution in [3.63, 3.8) is 0 Å². The Morgan fingerprint density at radius 2 is 2.04 bits per heavy atom. The number of rotatable bonds is 5. The van der Waals surface area contributed by atoms with E-state index in [1.807, 2.05) is 0 Å². The maximum Gasteiger partial charge on any atom is 0.0703 e. The van der Waals surface area contributed by atoms with Crippen molar-refractivity contribution in [3.05, 3.63) is 0 Å². The quantitative estimate of drug-likeness (QED) is 0.656. The average Bonchev–Trinajstić information content (AvgIpc) is 2.62. The minimum absolute atomic E-state index is 0.400. The summed E-state index contributed by atoms with van der Waals surface area (Å²) in [5.74, 6) is 0.831. The van der Waals surface area contributed by atoms with E-state index in [9.17, 15) is 0 Å². The fourth-order valence-corrected chi connectivity index (χ4v) is 5.77. The molecule has 0 aromatic rings. The maximum atomic E-state index is 5.51. The Morgan fingerprint density at radius 3 is 2.74 bits per heavy atom. The predicted molar refractivity (Wildman–Crippen MR) is 102 cm³/mol. The number of thioether (sulfide) groups is 1. The van der Waals surface area contributed by atoms with Gasteiger partial charge in [0, 0.05) is 35.7 Å². The molecule has 4 nitrogen and oxygen atoms in total. The maximum absolute atomic E-state index is 5.51. The predicted octanol–water partition coefficient (Wildman–Crippen LogP) is 2.60. The van der Waals surface area contributed by atoms with E-state index < -0.39 is 0 Å². The zero-order chi connectivity index (χ0) is 16.1. The van der Waals surface area contributed by atoms with Gasteiger partial charge in [-0.15, -0.1) is 0 Å². The molecule has 1 saturated carbocycles. The first-order chi connectivity index (χ1) is 11.3. The molecule has 0 aromatic heterocycles. The summed E-state index contributed by atoms with van der Waals surface area (Å²) in [7, 11) is 0. The van der Waals surface area contributed by atoms with Crippen LogP contribution in [0.15, 0.2) is 0 Å². The van der Waals surface area contributed by atoms with E-state index in [-0.39, 0.29) is 0 Å². The van der Waals surface area contributed by atoms with Gasteiger partial charge in [-0.05, 0) is 69.7 Å². The number of nitrogens with one attached hydrogen (secondary N) is 3. The lowest BCUT2D eigenvalue weighted by Crippen LogP contribution is -2.66. The Labute approximate surface area is 150 Å². The summed E-state index contributed by atoms with van der Waals surface area (Å²) >= 11 is 3.73. The molecule has 3 N–H and O–H groups in total. The van der Waals surface area contributed by atoms with E-state index in [1.165, 1.54) is 38.5 Å². The summed E-state index contributed by atoms with van der Waals surface area (Å²) in [6.45, 7) is 5.34. The second-order valence-electron chi connectivity index (χ2n) is 7.31. The highest BCUT2D eigenvalue weighted by Crippen LogP contribution is 2.33. The highest BCUT2D eigenvalue weighted by molar-refractivity contribution is 7.99. The monoisotopic (exact) mass is 359 g/mol. The van der Waals surface area contributed by atoms with Gasteiger partial charge in [0.25, 0.3) is 0 Å². The molecule has 3 fully saturated rings. The third kappa shape index (κ3) is 5.25. The molecule has 2 saturated heterocycles. The molecule has 3 aliphatic rings. The van der Waals surface area contributed by atoms with Crippen molar-refractivity contribution in [2.75, 3.05) is 26.0 Å². The molecular weight excluding hydrogens is 326 g/mol. The zero-order valence-electron chi connectivity index (χ0n) is 14.6. The Morgan fingerprint density at radius 1 is 1.22 bits per heavy atom. The van der Waals surface area contributed by atoms with Crippen LogP contribution >= 0.6 is 23.8 Å². The van der Waals surface area contributed by atoms with Crippen LogP contribution in [-0.2, 0) is 4.18 Å². The molecule has 2 heterocycles. The molecular formula is C17H33N3OS2. The topological polar surface area (TPSA) is 45.3 Å². The number of hydrogen-bond donors (Lipinski definition) is 3. The molecule has 0 spiro atoms. The van der Waals surface area contributed by atoms with Crippen LogP contribution in [0.25, 0.3) is 0 Å². The zero-order valence-corrected chi connectivity index (χ0v) is 16.2. The molecule has 2 aliphatic heterocycles. The normalized spacial score (nSPS) is 42.5. The largest absolute Gasteiger partial charge is 0.315 e. The van der Waals surface area contributed by atoms with Crippen molar-refractivity contribution in [1.29, 1.82) is 0 Å². The third-order valence-corrected chi connectivity index (χ3v) is 7.80. The summed E-state index contributed by atoms with van der Waals surface area (Å²) in [6, 6.07) is 1.19. The highest BCUT2D eigenvalue weighted by Gasteiger charge is 2.34. The first-order valence-corrected chi connectivity index (χ1v) is 11.4. The molecule has 23 heavy (non-hydrogen) atoms. The first-order valence-electron chi connectivity index (χ1n) is 9.30. The van der Waals surface area contributed by atoms with Gasteiger partial charge in [0.05, 0.1) is 12.8 Å². The Balaban J connectivity index is 1.44. The minimum atomic E-state index is 0.400. The van der Waals surface area contributed by atoms with Gasteiger partial charge in [-0.2, -0.15) is 11.8 Å². The second-order valence-corrected chi connectivity index (χ2v) is 9.54. The lowest BCUT2D eigenvalue weighted by atomic mass is 9.80. The molecule has 3 rings (SSSR count). The molecule has 0 aromatic carbocycles. The molecule has 0 bridgehead atoms. The van der Waals surface area contributed by atoms with Gasteiger partial charge in [-0.25, -0.2) is 0 Å². The number of hydrogen-bond acceptors (Lipinski definition) is 6. The van der Waals surface area contributed by atoms with Crippen LogP contribution in [0, 0.1) is 5.92 Å². The van der Waals surface area contributed by atoms with E-state index in [1.54, 1.807) is 12.0 Å². The van der Waals surface area contributed by atoms with Gasteiger partial charge in [0.1, 0.15) is 0 Å². The standard InChI is InChI=1S/C17H33N3OS2/c1-12-17(13-5-7-14(22-2)8-6-13)20-16(11-18-12)19-10-15-4-3-9-21-23-15/h12-20H,3-11H2,1-2H3. The Bertz CT molecular complexity index is 347. The van der Waals surface area contributed by atoms with Crippen molar-refractivity contribution in [2.24, 2.45) is 5.92 Å². The summed E-state index contributed by atoms with van der Waals surface area (Å²) in [4.78, 5) is 0. The van der Waals surface area contributed by atoms with Crippen molar-refractivity contribution in [3.8, 4) is 0 Å². The highest BCUT2D eigenvalue weighted by atomic mass is 32.2. The summed E-state index contributed by atoms with van der Waals surface area (Å²) in [5, 5.41) is 12.9. The van der Waals surface area contributed by atoms with Crippen molar-refractivity contribution in [1.82, 2.24) is 16.0 Å². The van der Waals surface area contributed by atoms with Crippen LogP contribution < -0.4 is 16.0 Å². The third-order valence-electron chi connectivity index (χ3n) is 5.69. The minimum Gasteiger partial charge on any atom is -0.315 e. The SMILES string of the molecule is CSC1CCC(C2NC(NCC3CCCOS3)CNC2C)CC1. The second kappa shape index (κ2) is 9.30. The number of piperazine rings is 1. The van der Waals surface area contributed by atoms with Gasteiger partial charge in [-0.3, -0.25) is 10.6 Å². The van der Waals surface area contributed by atoms with Crippen LogP contribution in [0.1, 0.15) is 45.4 Å². The lowest BCUT2D eigenvalue weighted by molar-refractivity contribution is 0.166.